The summed E-state index contributed by atoms with van der Waals surface area (Å²) in [6.45, 7) is 1.50. The molecular formula is C23H23NO4. The van der Waals surface area contributed by atoms with Crippen LogP contribution in [0.15, 0.2) is 78.9 Å². The van der Waals surface area contributed by atoms with E-state index >= 15 is 0 Å². The van der Waals surface area contributed by atoms with E-state index in [0.29, 0.717) is 36.8 Å². The summed E-state index contributed by atoms with van der Waals surface area (Å²) in [4.78, 5) is 12.4. The molecule has 3 aromatic rings. The zero-order valence-electron chi connectivity index (χ0n) is 15.8. The van der Waals surface area contributed by atoms with E-state index in [2.05, 4.69) is 5.32 Å². The molecule has 0 aliphatic heterocycles. The predicted octanol–water partition coefficient (Wildman–Crippen LogP) is 4.54. The molecule has 0 aliphatic rings. The van der Waals surface area contributed by atoms with Crippen LogP contribution in [0.3, 0.4) is 0 Å². The van der Waals surface area contributed by atoms with Crippen molar-refractivity contribution in [1.29, 1.82) is 0 Å². The Morgan fingerprint density at radius 1 is 0.786 bits per heavy atom. The average Bonchev–Trinajstić information content (AvgIpc) is 2.75. The van der Waals surface area contributed by atoms with Gasteiger partial charge in [-0.2, -0.15) is 0 Å². The summed E-state index contributed by atoms with van der Waals surface area (Å²) in [6, 6.07) is 24.3. The summed E-state index contributed by atoms with van der Waals surface area (Å²) in [7, 11) is 1.62. The molecule has 5 heteroatoms. The van der Waals surface area contributed by atoms with E-state index in [1.807, 2.05) is 54.6 Å². The summed E-state index contributed by atoms with van der Waals surface area (Å²) in [5.74, 6) is 1.27. The molecule has 0 radical (unpaired) electrons. The van der Waals surface area contributed by atoms with Crippen molar-refractivity contribution in [3.8, 4) is 11.5 Å². The Balaban J connectivity index is 1.51. The van der Waals surface area contributed by atoms with Gasteiger partial charge in [-0.3, -0.25) is 4.79 Å². The maximum Gasteiger partial charge on any atom is 0.255 e. The van der Waals surface area contributed by atoms with Crippen LogP contribution in [0.5, 0.6) is 11.5 Å². The average molecular weight is 377 g/mol. The van der Waals surface area contributed by atoms with Crippen LogP contribution in [0.4, 0.5) is 5.69 Å². The van der Waals surface area contributed by atoms with E-state index in [-0.39, 0.29) is 5.91 Å². The quantitative estimate of drug-likeness (QED) is 0.556. The molecule has 0 aliphatic carbocycles. The zero-order valence-corrected chi connectivity index (χ0v) is 15.8. The van der Waals surface area contributed by atoms with Crippen LogP contribution < -0.4 is 14.8 Å². The lowest BCUT2D eigenvalue weighted by Crippen LogP contribution is -2.12. The number of hydrogen-bond donors (Lipinski definition) is 1. The maximum absolute atomic E-state index is 12.4. The van der Waals surface area contributed by atoms with Gasteiger partial charge in [0.15, 0.2) is 0 Å². The molecule has 0 fully saturated rings. The molecule has 144 valence electrons. The highest BCUT2D eigenvalue weighted by atomic mass is 16.5. The molecule has 0 unspecified atom stereocenters. The van der Waals surface area contributed by atoms with E-state index in [4.69, 9.17) is 14.2 Å². The molecule has 0 heterocycles. The van der Waals surface area contributed by atoms with Crippen LogP contribution in [0.25, 0.3) is 0 Å². The summed E-state index contributed by atoms with van der Waals surface area (Å²) in [6.07, 6.45) is 0. The number of anilines is 1. The summed E-state index contributed by atoms with van der Waals surface area (Å²) >= 11 is 0. The molecule has 0 spiro atoms. The number of amides is 1. The molecule has 28 heavy (non-hydrogen) atoms. The number of ether oxygens (including phenoxy) is 3. The van der Waals surface area contributed by atoms with Crippen LogP contribution >= 0.6 is 0 Å². The Labute approximate surface area is 164 Å². The Morgan fingerprint density at radius 3 is 2.11 bits per heavy atom. The predicted molar refractivity (Wildman–Crippen MR) is 109 cm³/mol. The number of rotatable bonds is 9. The monoisotopic (exact) mass is 377 g/mol. The fourth-order valence-corrected chi connectivity index (χ4v) is 2.52. The van der Waals surface area contributed by atoms with Crippen LogP contribution in [-0.4, -0.2) is 26.2 Å². The van der Waals surface area contributed by atoms with Gasteiger partial charge in [0.25, 0.3) is 5.91 Å². The molecular weight excluding hydrogens is 354 g/mol. The molecule has 0 bridgehead atoms. The largest absolute Gasteiger partial charge is 0.491 e. The molecule has 3 aromatic carbocycles. The van der Waals surface area contributed by atoms with Crippen molar-refractivity contribution in [3.63, 3.8) is 0 Å². The molecule has 3 rings (SSSR count). The van der Waals surface area contributed by atoms with E-state index < -0.39 is 0 Å². The van der Waals surface area contributed by atoms with Gasteiger partial charge < -0.3 is 19.5 Å². The second-order valence-electron chi connectivity index (χ2n) is 6.12. The molecule has 0 saturated carbocycles. The van der Waals surface area contributed by atoms with Crippen LogP contribution in [0.2, 0.25) is 0 Å². The van der Waals surface area contributed by atoms with Gasteiger partial charge in [0.05, 0.1) is 6.61 Å². The van der Waals surface area contributed by atoms with Crippen molar-refractivity contribution in [2.75, 3.05) is 25.6 Å². The van der Waals surface area contributed by atoms with Crippen molar-refractivity contribution in [3.05, 3.63) is 90.0 Å². The van der Waals surface area contributed by atoms with Gasteiger partial charge in [-0.05, 0) is 54.1 Å². The zero-order chi connectivity index (χ0) is 19.6. The van der Waals surface area contributed by atoms with Gasteiger partial charge in [-0.15, -0.1) is 0 Å². The Kier molecular flexibility index (Phi) is 7.04. The summed E-state index contributed by atoms with van der Waals surface area (Å²) in [5.41, 5.74) is 2.37. The molecule has 0 atom stereocenters. The first-order valence-corrected chi connectivity index (χ1v) is 9.04. The highest BCUT2D eigenvalue weighted by Gasteiger charge is 2.07. The third-order valence-corrected chi connectivity index (χ3v) is 4.03. The number of carbonyl (C=O) groups excluding carboxylic acids is 1. The molecule has 1 amide bonds. The van der Waals surface area contributed by atoms with Crippen molar-refractivity contribution >= 4 is 11.6 Å². The van der Waals surface area contributed by atoms with Crippen molar-refractivity contribution < 1.29 is 19.0 Å². The van der Waals surface area contributed by atoms with Crippen molar-refractivity contribution in [1.82, 2.24) is 0 Å². The summed E-state index contributed by atoms with van der Waals surface area (Å²) < 4.78 is 16.2. The van der Waals surface area contributed by atoms with E-state index in [0.717, 1.165) is 11.3 Å². The number of carbonyl (C=O) groups is 1. The van der Waals surface area contributed by atoms with Gasteiger partial charge in [0, 0.05) is 18.4 Å². The van der Waals surface area contributed by atoms with Crippen molar-refractivity contribution in [2.45, 2.75) is 6.61 Å². The number of methoxy groups -OCH3 is 1. The van der Waals surface area contributed by atoms with Crippen LogP contribution in [0, 0.1) is 0 Å². The molecule has 5 nitrogen and oxygen atoms in total. The first-order chi connectivity index (χ1) is 13.7. The highest BCUT2D eigenvalue weighted by molar-refractivity contribution is 6.04. The first kappa shape index (κ1) is 19.5. The van der Waals surface area contributed by atoms with Crippen molar-refractivity contribution in [2.24, 2.45) is 0 Å². The van der Waals surface area contributed by atoms with Crippen LogP contribution in [-0.2, 0) is 11.3 Å². The first-order valence-electron chi connectivity index (χ1n) is 9.04. The maximum atomic E-state index is 12.4. The minimum atomic E-state index is -0.179. The summed E-state index contributed by atoms with van der Waals surface area (Å²) in [5, 5.41) is 2.88. The molecule has 0 aromatic heterocycles. The minimum absolute atomic E-state index is 0.179. The lowest BCUT2D eigenvalue weighted by Gasteiger charge is -2.09. The fraction of sp³-hybridized carbons (Fsp3) is 0.174. The van der Waals surface area contributed by atoms with Gasteiger partial charge in [0.1, 0.15) is 24.7 Å². The SMILES string of the molecule is COCCOc1ccc(C(=O)Nc2ccc(OCc3ccccc3)cc2)cc1. The third kappa shape index (κ3) is 5.86. The van der Waals surface area contributed by atoms with E-state index in [1.165, 1.54) is 0 Å². The van der Waals surface area contributed by atoms with E-state index in [1.54, 1.807) is 31.4 Å². The number of hydrogen-bond acceptors (Lipinski definition) is 4. The Hall–Kier alpha value is -3.31. The smallest absolute Gasteiger partial charge is 0.255 e. The fourth-order valence-electron chi connectivity index (χ4n) is 2.52. The topological polar surface area (TPSA) is 56.8 Å². The molecule has 1 N–H and O–H groups in total. The second kappa shape index (κ2) is 10.1. The van der Waals surface area contributed by atoms with E-state index in [9.17, 15) is 4.79 Å². The Bertz CT molecular complexity index is 861. The second-order valence-corrected chi connectivity index (χ2v) is 6.12. The van der Waals surface area contributed by atoms with Gasteiger partial charge in [0.2, 0.25) is 0 Å². The lowest BCUT2D eigenvalue weighted by atomic mass is 10.2. The van der Waals surface area contributed by atoms with Crippen LogP contribution in [0.1, 0.15) is 15.9 Å². The number of nitrogens with one attached hydrogen (secondary N) is 1. The van der Waals surface area contributed by atoms with Gasteiger partial charge >= 0.3 is 0 Å². The lowest BCUT2D eigenvalue weighted by molar-refractivity contribution is 0.102. The standard InChI is InChI=1S/C23H23NO4/c1-26-15-16-27-21-11-7-19(8-12-21)23(25)24-20-9-13-22(14-10-20)28-17-18-5-3-2-4-6-18/h2-14H,15-17H2,1H3,(H,24,25). The third-order valence-electron chi connectivity index (χ3n) is 4.03. The highest BCUT2D eigenvalue weighted by Crippen LogP contribution is 2.18. The normalized spacial score (nSPS) is 10.3. The minimum Gasteiger partial charge on any atom is -0.491 e. The van der Waals surface area contributed by atoms with Gasteiger partial charge in [-0.1, -0.05) is 30.3 Å². The molecule has 0 saturated heterocycles. The Morgan fingerprint density at radius 2 is 1.43 bits per heavy atom. The van der Waals surface area contributed by atoms with Gasteiger partial charge in [-0.25, -0.2) is 0 Å². The number of benzene rings is 3.